The van der Waals surface area contributed by atoms with Gasteiger partial charge in [-0.05, 0) is 11.6 Å². The molecule has 0 aromatic heterocycles. The summed E-state index contributed by atoms with van der Waals surface area (Å²) in [7, 11) is 0. The summed E-state index contributed by atoms with van der Waals surface area (Å²) in [6, 6.07) is 0.0819. The first-order valence-corrected chi connectivity index (χ1v) is 5.64. The molecule has 0 aliphatic rings. The van der Waals surface area contributed by atoms with Gasteiger partial charge in [0.05, 0.1) is 0 Å². The van der Waals surface area contributed by atoms with Gasteiger partial charge in [0, 0.05) is 6.42 Å². The molecule has 1 aromatic carbocycles. The van der Waals surface area contributed by atoms with Crippen LogP contribution in [0.4, 0.5) is 26.3 Å². The molecule has 120 valence electrons. The fourth-order valence-electron chi connectivity index (χ4n) is 1.49. The zero-order chi connectivity index (χ0) is 17.1. The summed E-state index contributed by atoms with van der Waals surface area (Å²) in [5, 5.41) is 0. The van der Waals surface area contributed by atoms with E-state index in [1.54, 1.807) is 0 Å². The standard InChI is InChI=1S/C13H8F6O3/c1-2-3-22-12(21)8(20)5-6-4-7(14)11(16)9(10(6)15)13(17,18)19/h2,4H,1,3,5H2. The Bertz CT molecular complexity index is 621. The van der Waals surface area contributed by atoms with Gasteiger partial charge in [-0.2, -0.15) is 13.2 Å². The third-order valence-electron chi connectivity index (χ3n) is 2.43. The quantitative estimate of drug-likeness (QED) is 0.275. The lowest BCUT2D eigenvalue weighted by molar-refractivity contribution is -0.152. The molecule has 9 heteroatoms. The van der Waals surface area contributed by atoms with E-state index in [0.717, 1.165) is 6.08 Å². The monoisotopic (exact) mass is 326 g/mol. The Morgan fingerprint density at radius 3 is 2.27 bits per heavy atom. The number of hydrogen-bond acceptors (Lipinski definition) is 3. The van der Waals surface area contributed by atoms with Crippen molar-refractivity contribution in [3.8, 4) is 0 Å². The zero-order valence-corrected chi connectivity index (χ0v) is 10.8. The van der Waals surface area contributed by atoms with Crippen molar-refractivity contribution < 1.29 is 40.7 Å². The number of halogens is 6. The van der Waals surface area contributed by atoms with Crippen LogP contribution in [-0.4, -0.2) is 18.4 Å². The van der Waals surface area contributed by atoms with Gasteiger partial charge in [0.2, 0.25) is 5.78 Å². The van der Waals surface area contributed by atoms with Crippen LogP contribution in [0, 0.1) is 17.5 Å². The number of esters is 1. The first-order valence-electron chi connectivity index (χ1n) is 5.64. The highest BCUT2D eigenvalue weighted by Gasteiger charge is 2.40. The van der Waals surface area contributed by atoms with Crippen molar-refractivity contribution in [1.82, 2.24) is 0 Å². The molecule has 1 rings (SSSR count). The van der Waals surface area contributed by atoms with E-state index in [0.29, 0.717) is 0 Å². The molecule has 0 radical (unpaired) electrons. The highest BCUT2D eigenvalue weighted by atomic mass is 19.4. The second kappa shape index (κ2) is 6.63. The maximum absolute atomic E-state index is 13.6. The molecule has 0 saturated heterocycles. The molecule has 1 aromatic rings. The van der Waals surface area contributed by atoms with Gasteiger partial charge >= 0.3 is 12.1 Å². The Labute approximate surface area is 120 Å². The molecule has 0 atom stereocenters. The number of Topliss-reactive ketones (excluding diaryl/α,β-unsaturated/α-hetero) is 1. The highest BCUT2D eigenvalue weighted by Crippen LogP contribution is 2.35. The van der Waals surface area contributed by atoms with Crippen molar-refractivity contribution in [3.63, 3.8) is 0 Å². The lowest BCUT2D eigenvalue weighted by Gasteiger charge is -2.12. The van der Waals surface area contributed by atoms with Gasteiger partial charge in [-0.3, -0.25) is 4.79 Å². The number of ketones is 1. The SMILES string of the molecule is C=CCOC(=O)C(=O)Cc1cc(F)c(F)c(C(F)(F)F)c1F. The topological polar surface area (TPSA) is 43.4 Å². The summed E-state index contributed by atoms with van der Waals surface area (Å²) in [4.78, 5) is 22.5. The van der Waals surface area contributed by atoms with E-state index in [1.165, 1.54) is 0 Å². The van der Waals surface area contributed by atoms with E-state index < -0.39 is 52.9 Å². The number of alkyl halides is 3. The Balaban J connectivity index is 3.17. The van der Waals surface area contributed by atoms with E-state index >= 15 is 0 Å². The fraction of sp³-hybridized carbons (Fsp3) is 0.231. The minimum atomic E-state index is -5.50. The molecule has 0 aliphatic heterocycles. The van der Waals surface area contributed by atoms with E-state index in [2.05, 4.69) is 11.3 Å². The summed E-state index contributed by atoms with van der Waals surface area (Å²) in [6.07, 6.45) is -5.59. The summed E-state index contributed by atoms with van der Waals surface area (Å²) in [6.45, 7) is 2.84. The second-order valence-electron chi connectivity index (χ2n) is 4.01. The Kier molecular flexibility index (Phi) is 5.34. The summed E-state index contributed by atoms with van der Waals surface area (Å²) < 4.78 is 81.6. The molecule has 0 fully saturated rings. The maximum Gasteiger partial charge on any atom is 0.422 e. The zero-order valence-electron chi connectivity index (χ0n) is 10.8. The van der Waals surface area contributed by atoms with Crippen LogP contribution < -0.4 is 0 Å². The van der Waals surface area contributed by atoms with Gasteiger partial charge in [-0.15, -0.1) is 0 Å². The average molecular weight is 326 g/mol. The minimum absolute atomic E-state index is 0.0819. The van der Waals surface area contributed by atoms with E-state index in [-0.39, 0.29) is 12.7 Å². The number of carbonyl (C=O) groups excluding carboxylic acids is 2. The first-order chi connectivity index (χ1) is 10.1. The number of rotatable bonds is 5. The van der Waals surface area contributed by atoms with E-state index in [9.17, 15) is 35.9 Å². The number of ether oxygens (including phenoxy) is 1. The first kappa shape index (κ1) is 17.7. The molecule has 0 N–H and O–H groups in total. The van der Waals surface area contributed by atoms with Gasteiger partial charge < -0.3 is 4.74 Å². The smallest absolute Gasteiger partial charge is 0.422 e. The van der Waals surface area contributed by atoms with Gasteiger partial charge in [0.1, 0.15) is 18.0 Å². The van der Waals surface area contributed by atoms with Crippen molar-refractivity contribution in [1.29, 1.82) is 0 Å². The second-order valence-corrected chi connectivity index (χ2v) is 4.01. The summed E-state index contributed by atoms with van der Waals surface area (Å²) >= 11 is 0. The van der Waals surface area contributed by atoms with Crippen molar-refractivity contribution in [2.45, 2.75) is 12.6 Å². The average Bonchev–Trinajstić information content (AvgIpc) is 2.40. The normalized spacial score (nSPS) is 11.2. The molecule has 0 spiro atoms. The molecular weight excluding hydrogens is 318 g/mol. The van der Waals surface area contributed by atoms with Crippen molar-refractivity contribution in [2.24, 2.45) is 0 Å². The van der Waals surface area contributed by atoms with Crippen molar-refractivity contribution in [3.05, 3.63) is 47.3 Å². The summed E-state index contributed by atoms with van der Waals surface area (Å²) in [5.41, 5.74) is -3.57. The summed E-state index contributed by atoms with van der Waals surface area (Å²) in [5.74, 6) is -9.44. The molecule has 0 saturated carbocycles. The fourth-order valence-corrected chi connectivity index (χ4v) is 1.49. The van der Waals surface area contributed by atoms with Crippen LogP contribution in [0.1, 0.15) is 11.1 Å². The molecule has 22 heavy (non-hydrogen) atoms. The molecular formula is C13H8F6O3. The number of carbonyl (C=O) groups is 2. The third kappa shape index (κ3) is 3.86. The largest absolute Gasteiger partial charge is 0.456 e. The minimum Gasteiger partial charge on any atom is -0.456 e. The molecule has 0 aliphatic carbocycles. The maximum atomic E-state index is 13.6. The number of benzene rings is 1. The van der Waals surface area contributed by atoms with Gasteiger partial charge in [0.15, 0.2) is 11.6 Å². The van der Waals surface area contributed by atoms with Gasteiger partial charge in [-0.1, -0.05) is 12.7 Å². The van der Waals surface area contributed by atoms with Gasteiger partial charge in [-0.25, -0.2) is 18.0 Å². The van der Waals surface area contributed by atoms with Gasteiger partial charge in [0.25, 0.3) is 0 Å². The highest BCUT2D eigenvalue weighted by molar-refractivity contribution is 6.34. The predicted octanol–water partition coefficient (Wildman–Crippen LogP) is 2.96. The molecule has 3 nitrogen and oxygen atoms in total. The number of hydrogen-bond donors (Lipinski definition) is 0. The molecule has 0 unspecified atom stereocenters. The van der Waals surface area contributed by atoms with E-state index in [4.69, 9.17) is 0 Å². The van der Waals surface area contributed by atoms with Crippen LogP contribution in [0.5, 0.6) is 0 Å². The lowest BCUT2D eigenvalue weighted by Crippen LogP contribution is -2.22. The lowest BCUT2D eigenvalue weighted by atomic mass is 10.0. The van der Waals surface area contributed by atoms with Crippen molar-refractivity contribution in [2.75, 3.05) is 6.61 Å². The Hall–Kier alpha value is -2.32. The van der Waals surface area contributed by atoms with Crippen molar-refractivity contribution >= 4 is 11.8 Å². The Morgan fingerprint density at radius 2 is 1.77 bits per heavy atom. The predicted molar refractivity (Wildman–Crippen MR) is 61.2 cm³/mol. The molecule has 0 amide bonds. The van der Waals surface area contributed by atoms with Crippen LogP contribution in [0.3, 0.4) is 0 Å². The van der Waals surface area contributed by atoms with Crippen LogP contribution in [0.2, 0.25) is 0 Å². The Morgan fingerprint density at radius 1 is 1.18 bits per heavy atom. The third-order valence-corrected chi connectivity index (χ3v) is 2.43. The van der Waals surface area contributed by atoms with E-state index in [1.807, 2.05) is 0 Å². The van der Waals surface area contributed by atoms with Crippen LogP contribution in [0.25, 0.3) is 0 Å². The van der Waals surface area contributed by atoms with Crippen LogP contribution in [-0.2, 0) is 26.9 Å². The molecule has 0 bridgehead atoms. The van der Waals surface area contributed by atoms with Crippen LogP contribution in [0.15, 0.2) is 18.7 Å². The van der Waals surface area contributed by atoms with Crippen LogP contribution >= 0.6 is 0 Å². The molecule has 0 heterocycles.